The molecule has 1 heterocycles. The molecule has 0 unspecified atom stereocenters. The van der Waals surface area contributed by atoms with Crippen LogP contribution in [0, 0.1) is 0 Å². The lowest BCUT2D eigenvalue weighted by atomic mass is 11.2. The number of nitrogens with zero attached hydrogens (tertiary/aromatic N) is 1. The number of aromatic nitrogens is 3. The Balaban J connectivity index is 3.59. The second-order valence-corrected chi connectivity index (χ2v) is 1.24. The van der Waals surface area contributed by atoms with Gasteiger partial charge in [0.25, 0.3) is 0 Å². The van der Waals surface area contributed by atoms with E-state index >= 15 is 0 Å². The average molecular weight is 116 g/mol. The van der Waals surface area contributed by atoms with Crippen molar-refractivity contribution in [3.05, 3.63) is 21.0 Å². The van der Waals surface area contributed by atoms with Gasteiger partial charge in [-0.1, -0.05) is 0 Å². The predicted octanol–water partition coefficient (Wildman–Crippen LogP) is -2.42. The Morgan fingerprint density at radius 2 is 2.12 bits per heavy atom. The number of nitrogens with two attached hydrogens (primary N) is 1. The maximum atomic E-state index is 10.2. The lowest BCUT2D eigenvalue weighted by Gasteiger charge is -1.78. The fourth-order valence-electron chi connectivity index (χ4n) is 0.345. The van der Waals surface area contributed by atoms with Crippen LogP contribution in [-0.2, 0) is 0 Å². The van der Waals surface area contributed by atoms with Crippen molar-refractivity contribution in [3.8, 4) is 0 Å². The SMILES string of the molecule is Nn1[nH]c(=O)[nH]c1=O. The lowest BCUT2D eigenvalue weighted by Crippen LogP contribution is -2.25. The number of hydrogen-bond donors (Lipinski definition) is 3. The monoisotopic (exact) mass is 116 g/mol. The van der Waals surface area contributed by atoms with Gasteiger partial charge in [0, 0.05) is 0 Å². The van der Waals surface area contributed by atoms with Crippen molar-refractivity contribution in [1.29, 1.82) is 0 Å². The van der Waals surface area contributed by atoms with Crippen molar-refractivity contribution in [2.45, 2.75) is 0 Å². The van der Waals surface area contributed by atoms with Gasteiger partial charge in [-0.05, 0) is 0 Å². The van der Waals surface area contributed by atoms with Gasteiger partial charge in [0.2, 0.25) is 0 Å². The molecule has 4 N–H and O–H groups in total. The Morgan fingerprint density at radius 1 is 1.50 bits per heavy atom. The summed E-state index contributed by atoms with van der Waals surface area (Å²) < 4.78 is 0. The first kappa shape index (κ1) is 4.69. The molecular weight excluding hydrogens is 112 g/mol. The molecule has 1 aromatic rings. The summed E-state index contributed by atoms with van der Waals surface area (Å²) in [5.74, 6) is 4.86. The van der Waals surface area contributed by atoms with Crippen molar-refractivity contribution in [1.82, 2.24) is 14.9 Å². The minimum Gasteiger partial charge on any atom is -0.320 e. The number of H-pyrrole nitrogens is 2. The Kier molecular flexibility index (Phi) is 0.736. The zero-order valence-corrected chi connectivity index (χ0v) is 3.84. The van der Waals surface area contributed by atoms with Crippen molar-refractivity contribution < 1.29 is 0 Å². The van der Waals surface area contributed by atoms with Crippen LogP contribution in [0.3, 0.4) is 0 Å². The molecule has 0 saturated carbocycles. The second kappa shape index (κ2) is 1.25. The standard InChI is InChI=1S/C2H4N4O2/c3-6-2(8)4-1(7)5-6/h3H2,(H2,4,5,7,8). The van der Waals surface area contributed by atoms with E-state index in [-0.39, 0.29) is 0 Å². The molecule has 0 bridgehead atoms. The Hall–Kier alpha value is -1.46. The highest BCUT2D eigenvalue weighted by Crippen LogP contribution is 1.39. The van der Waals surface area contributed by atoms with Gasteiger partial charge in [-0.25, -0.2) is 14.7 Å². The van der Waals surface area contributed by atoms with Crippen LogP contribution in [0.5, 0.6) is 0 Å². The molecule has 1 rings (SSSR count). The van der Waals surface area contributed by atoms with Crippen molar-refractivity contribution in [2.75, 3.05) is 5.84 Å². The summed E-state index contributed by atoms with van der Waals surface area (Å²) in [7, 11) is 0. The first-order valence-corrected chi connectivity index (χ1v) is 1.86. The van der Waals surface area contributed by atoms with Crippen LogP contribution in [0.4, 0.5) is 0 Å². The normalized spacial score (nSPS) is 9.50. The minimum atomic E-state index is -0.644. The van der Waals surface area contributed by atoms with Gasteiger partial charge in [-0.15, -0.1) is 4.79 Å². The fraction of sp³-hybridized carbons (Fsp3) is 0. The molecular formula is C2H4N4O2. The lowest BCUT2D eigenvalue weighted by molar-refractivity contribution is 0.787. The molecule has 0 fully saturated rings. The van der Waals surface area contributed by atoms with Gasteiger partial charge < -0.3 is 5.84 Å². The molecule has 0 aromatic carbocycles. The molecule has 44 valence electrons. The second-order valence-electron chi connectivity index (χ2n) is 1.24. The molecule has 0 aliphatic rings. The Morgan fingerprint density at radius 3 is 2.25 bits per heavy atom. The highest BCUT2D eigenvalue weighted by Gasteiger charge is 1.89. The van der Waals surface area contributed by atoms with E-state index in [1.165, 1.54) is 0 Å². The summed E-state index contributed by atoms with van der Waals surface area (Å²) in [5, 5.41) is 1.98. The molecule has 0 aliphatic heterocycles. The van der Waals surface area contributed by atoms with E-state index in [0.29, 0.717) is 4.79 Å². The zero-order chi connectivity index (χ0) is 6.15. The summed E-state index contributed by atoms with van der Waals surface area (Å²) in [6.07, 6.45) is 0. The van der Waals surface area contributed by atoms with Crippen LogP contribution in [0.15, 0.2) is 9.59 Å². The number of hydrogen-bond acceptors (Lipinski definition) is 3. The molecule has 6 heteroatoms. The first-order chi connectivity index (χ1) is 3.70. The molecule has 0 atom stereocenters. The summed E-state index contributed by atoms with van der Waals surface area (Å²) >= 11 is 0. The van der Waals surface area contributed by atoms with E-state index in [1.54, 1.807) is 0 Å². The van der Waals surface area contributed by atoms with Crippen molar-refractivity contribution in [2.24, 2.45) is 0 Å². The molecule has 1 aromatic heterocycles. The quantitative estimate of drug-likeness (QED) is 0.329. The zero-order valence-electron chi connectivity index (χ0n) is 3.84. The van der Waals surface area contributed by atoms with E-state index < -0.39 is 11.4 Å². The smallest absolute Gasteiger partial charge is 0.320 e. The maximum Gasteiger partial charge on any atom is 0.363 e. The topological polar surface area (TPSA) is 96.7 Å². The largest absolute Gasteiger partial charge is 0.363 e. The van der Waals surface area contributed by atoms with Crippen LogP contribution in [0.2, 0.25) is 0 Å². The minimum absolute atomic E-state index is 0.572. The fourth-order valence-corrected chi connectivity index (χ4v) is 0.345. The van der Waals surface area contributed by atoms with Gasteiger partial charge in [-0.2, -0.15) is 0 Å². The maximum absolute atomic E-state index is 10.2. The van der Waals surface area contributed by atoms with E-state index in [0.717, 1.165) is 0 Å². The number of aromatic amines is 2. The third-order valence-corrected chi connectivity index (χ3v) is 0.661. The van der Waals surface area contributed by atoms with Crippen LogP contribution < -0.4 is 17.2 Å². The van der Waals surface area contributed by atoms with Crippen molar-refractivity contribution >= 4 is 0 Å². The van der Waals surface area contributed by atoms with E-state index in [2.05, 4.69) is 0 Å². The van der Waals surface area contributed by atoms with Crippen LogP contribution >= 0.6 is 0 Å². The number of nitrogens with one attached hydrogen (secondary N) is 2. The number of nitrogen functional groups attached to an aromatic ring is 1. The third-order valence-electron chi connectivity index (χ3n) is 0.661. The molecule has 0 radical (unpaired) electrons. The van der Waals surface area contributed by atoms with Crippen LogP contribution in [-0.4, -0.2) is 14.9 Å². The summed E-state index contributed by atoms with van der Waals surface area (Å²) in [6, 6.07) is 0. The predicted molar refractivity (Wildman–Crippen MR) is 25.8 cm³/mol. The van der Waals surface area contributed by atoms with Gasteiger partial charge in [-0.3, -0.25) is 4.98 Å². The van der Waals surface area contributed by atoms with Gasteiger partial charge in [0.15, 0.2) is 0 Å². The van der Waals surface area contributed by atoms with Gasteiger partial charge in [0.1, 0.15) is 0 Å². The molecule has 6 nitrogen and oxygen atoms in total. The van der Waals surface area contributed by atoms with Crippen LogP contribution in [0.25, 0.3) is 0 Å². The number of rotatable bonds is 0. The molecule has 0 aliphatic carbocycles. The highest BCUT2D eigenvalue weighted by atomic mass is 16.2. The van der Waals surface area contributed by atoms with Gasteiger partial charge >= 0.3 is 11.4 Å². The third kappa shape index (κ3) is 0.512. The van der Waals surface area contributed by atoms with Gasteiger partial charge in [0.05, 0.1) is 0 Å². The molecule has 8 heavy (non-hydrogen) atoms. The molecule has 0 spiro atoms. The highest BCUT2D eigenvalue weighted by molar-refractivity contribution is 4.58. The van der Waals surface area contributed by atoms with Crippen LogP contribution in [0.1, 0.15) is 0 Å². The summed E-state index contributed by atoms with van der Waals surface area (Å²) in [4.78, 5) is 22.7. The van der Waals surface area contributed by atoms with E-state index in [1.807, 2.05) is 10.1 Å². The summed E-state index contributed by atoms with van der Waals surface area (Å²) in [6.45, 7) is 0. The van der Waals surface area contributed by atoms with E-state index in [9.17, 15) is 9.59 Å². The molecule has 0 saturated heterocycles. The average Bonchev–Trinajstić information content (AvgIpc) is 1.85. The Bertz CT molecular complexity index is 277. The summed E-state index contributed by atoms with van der Waals surface area (Å²) in [5.41, 5.74) is -1.24. The first-order valence-electron chi connectivity index (χ1n) is 1.86. The molecule has 0 amide bonds. The Labute approximate surface area is 42.9 Å². The van der Waals surface area contributed by atoms with Crippen molar-refractivity contribution in [3.63, 3.8) is 0 Å². The van der Waals surface area contributed by atoms with E-state index in [4.69, 9.17) is 5.84 Å².